The van der Waals surface area contributed by atoms with Crippen molar-refractivity contribution in [1.29, 1.82) is 0 Å². The molecule has 0 radical (unpaired) electrons. The van der Waals surface area contributed by atoms with Crippen LogP contribution >= 0.6 is 0 Å². The Hall–Kier alpha value is -0.460. The predicted molar refractivity (Wildman–Crippen MR) is 67.7 cm³/mol. The van der Waals surface area contributed by atoms with Crippen molar-refractivity contribution in [3.05, 3.63) is 12.3 Å². The molecule has 0 aromatic rings. The third-order valence-corrected chi connectivity index (χ3v) is 3.65. The van der Waals surface area contributed by atoms with Crippen molar-refractivity contribution in [3.8, 4) is 0 Å². The minimum atomic E-state index is 0.221. The van der Waals surface area contributed by atoms with Gasteiger partial charge in [0, 0.05) is 24.2 Å². The van der Waals surface area contributed by atoms with Crippen LogP contribution in [-0.2, 0) is 0 Å². The van der Waals surface area contributed by atoms with Gasteiger partial charge in [-0.15, -0.1) is 0 Å². The molecule has 1 aliphatic heterocycles. The summed E-state index contributed by atoms with van der Waals surface area (Å²) in [5.41, 5.74) is 1.53. The minimum Gasteiger partial charge on any atom is -0.375 e. The van der Waals surface area contributed by atoms with Gasteiger partial charge in [0.05, 0.1) is 0 Å². The Balaban J connectivity index is 2.60. The monoisotopic (exact) mass is 209 g/mol. The van der Waals surface area contributed by atoms with Gasteiger partial charge in [0.1, 0.15) is 0 Å². The lowest BCUT2D eigenvalue weighted by molar-refractivity contribution is 0.154. The molecular weight excluding hydrogens is 182 g/mol. The normalized spacial score (nSPS) is 23.3. The number of piperidine rings is 1. The summed E-state index contributed by atoms with van der Waals surface area (Å²) in [5.74, 6) is 1.67. The number of nitrogens with zero attached hydrogens (tertiary/aromatic N) is 1. The van der Waals surface area contributed by atoms with E-state index in [2.05, 4.69) is 46.1 Å². The highest BCUT2D eigenvalue weighted by molar-refractivity contribution is 5.05. The highest BCUT2D eigenvalue weighted by Gasteiger charge is 2.27. The van der Waals surface area contributed by atoms with E-state index in [1.165, 1.54) is 31.6 Å². The summed E-state index contributed by atoms with van der Waals surface area (Å²) in [6.07, 6.45) is 2.73. The van der Waals surface area contributed by atoms with E-state index in [-0.39, 0.29) is 5.41 Å². The van der Waals surface area contributed by atoms with Crippen LogP contribution in [-0.4, -0.2) is 18.0 Å². The van der Waals surface area contributed by atoms with Gasteiger partial charge in [-0.3, -0.25) is 0 Å². The molecule has 1 atom stereocenters. The molecule has 1 saturated heterocycles. The van der Waals surface area contributed by atoms with Crippen molar-refractivity contribution in [2.45, 2.75) is 47.5 Å². The van der Waals surface area contributed by atoms with Crippen LogP contribution in [0.3, 0.4) is 0 Å². The lowest BCUT2D eigenvalue weighted by Crippen LogP contribution is -2.39. The first-order valence-corrected chi connectivity index (χ1v) is 6.26. The first kappa shape index (κ1) is 12.6. The average Bonchev–Trinajstić information content (AvgIpc) is 2.15. The van der Waals surface area contributed by atoms with E-state index in [0.717, 1.165) is 11.8 Å². The molecule has 0 aliphatic carbocycles. The van der Waals surface area contributed by atoms with Gasteiger partial charge in [0.25, 0.3) is 0 Å². The summed E-state index contributed by atoms with van der Waals surface area (Å²) < 4.78 is 0. The molecule has 0 amide bonds. The maximum absolute atomic E-state index is 4.27. The van der Waals surface area contributed by atoms with Crippen LogP contribution in [0.15, 0.2) is 12.3 Å². The Morgan fingerprint density at radius 3 is 2.40 bits per heavy atom. The maximum atomic E-state index is 4.27. The molecule has 1 fully saturated rings. The molecule has 0 spiro atoms. The van der Waals surface area contributed by atoms with Crippen molar-refractivity contribution in [3.63, 3.8) is 0 Å². The van der Waals surface area contributed by atoms with E-state index in [9.17, 15) is 0 Å². The highest BCUT2D eigenvalue weighted by atomic mass is 15.1. The van der Waals surface area contributed by atoms with Crippen LogP contribution in [0.2, 0.25) is 0 Å². The summed E-state index contributed by atoms with van der Waals surface area (Å²) >= 11 is 0. The summed E-state index contributed by atoms with van der Waals surface area (Å²) in [4.78, 5) is 2.51. The minimum absolute atomic E-state index is 0.221. The predicted octanol–water partition coefficient (Wildman–Crippen LogP) is 3.91. The SMILES string of the molecule is C=C(N1CCCC(C(C)C)C1)C(C)(C)C. The van der Waals surface area contributed by atoms with Gasteiger partial charge >= 0.3 is 0 Å². The Bertz CT molecular complexity index is 222. The van der Waals surface area contributed by atoms with Crippen molar-refractivity contribution >= 4 is 0 Å². The molecule has 0 saturated carbocycles. The van der Waals surface area contributed by atoms with Crippen LogP contribution in [0.1, 0.15) is 47.5 Å². The van der Waals surface area contributed by atoms with Crippen LogP contribution in [0.4, 0.5) is 0 Å². The van der Waals surface area contributed by atoms with Gasteiger partial charge in [-0.2, -0.15) is 0 Å². The van der Waals surface area contributed by atoms with E-state index < -0.39 is 0 Å². The van der Waals surface area contributed by atoms with Gasteiger partial charge in [-0.1, -0.05) is 41.2 Å². The zero-order valence-corrected chi connectivity index (χ0v) is 11.1. The number of rotatable bonds is 2. The van der Waals surface area contributed by atoms with Gasteiger partial charge < -0.3 is 4.90 Å². The topological polar surface area (TPSA) is 3.24 Å². The molecule has 88 valence electrons. The summed E-state index contributed by atoms with van der Waals surface area (Å²) in [7, 11) is 0. The highest BCUT2D eigenvalue weighted by Crippen LogP contribution is 2.32. The number of likely N-dealkylation sites (tertiary alicyclic amines) is 1. The second-order valence-electron chi connectivity index (χ2n) is 6.29. The Morgan fingerprint density at radius 1 is 1.33 bits per heavy atom. The number of hydrogen-bond donors (Lipinski definition) is 0. The molecule has 0 bridgehead atoms. The van der Waals surface area contributed by atoms with Crippen molar-refractivity contribution in [2.24, 2.45) is 17.3 Å². The van der Waals surface area contributed by atoms with E-state index >= 15 is 0 Å². The second kappa shape index (κ2) is 4.59. The van der Waals surface area contributed by atoms with Crippen LogP contribution < -0.4 is 0 Å². The van der Waals surface area contributed by atoms with E-state index in [1.807, 2.05) is 0 Å². The van der Waals surface area contributed by atoms with Crippen LogP contribution in [0, 0.1) is 17.3 Å². The molecule has 0 aromatic carbocycles. The third-order valence-electron chi connectivity index (χ3n) is 3.65. The Morgan fingerprint density at radius 2 is 1.93 bits per heavy atom. The number of hydrogen-bond acceptors (Lipinski definition) is 1. The first-order chi connectivity index (χ1) is 6.82. The first-order valence-electron chi connectivity index (χ1n) is 6.26. The lowest BCUT2D eigenvalue weighted by Gasteiger charge is -2.41. The van der Waals surface area contributed by atoms with Crippen molar-refractivity contribution in [2.75, 3.05) is 13.1 Å². The van der Waals surface area contributed by atoms with Crippen LogP contribution in [0.5, 0.6) is 0 Å². The summed E-state index contributed by atoms with van der Waals surface area (Å²) in [6.45, 7) is 18.2. The largest absolute Gasteiger partial charge is 0.375 e. The molecule has 1 heterocycles. The summed E-state index contributed by atoms with van der Waals surface area (Å²) in [5, 5.41) is 0. The van der Waals surface area contributed by atoms with Crippen molar-refractivity contribution < 1.29 is 0 Å². The van der Waals surface area contributed by atoms with E-state index in [0.29, 0.717) is 0 Å². The standard InChI is InChI=1S/C14H27N/c1-11(2)13-8-7-9-15(10-13)12(3)14(4,5)6/h11,13H,3,7-10H2,1-2,4-6H3. The summed E-state index contributed by atoms with van der Waals surface area (Å²) in [6, 6.07) is 0. The quantitative estimate of drug-likeness (QED) is 0.666. The van der Waals surface area contributed by atoms with Crippen molar-refractivity contribution in [1.82, 2.24) is 4.90 Å². The molecular formula is C14H27N. The lowest BCUT2D eigenvalue weighted by atomic mass is 9.85. The zero-order chi connectivity index (χ0) is 11.6. The van der Waals surface area contributed by atoms with Gasteiger partial charge in [0.2, 0.25) is 0 Å². The fourth-order valence-corrected chi connectivity index (χ4v) is 2.27. The molecule has 1 aliphatic rings. The molecule has 1 nitrogen and oxygen atoms in total. The van der Waals surface area contributed by atoms with E-state index in [1.54, 1.807) is 0 Å². The van der Waals surface area contributed by atoms with Gasteiger partial charge in [-0.25, -0.2) is 0 Å². The smallest absolute Gasteiger partial charge is 0.0205 e. The fraction of sp³-hybridized carbons (Fsp3) is 0.857. The van der Waals surface area contributed by atoms with Gasteiger partial charge in [-0.05, 0) is 24.7 Å². The van der Waals surface area contributed by atoms with Crippen LogP contribution in [0.25, 0.3) is 0 Å². The fourth-order valence-electron chi connectivity index (χ4n) is 2.27. The molecule has 15 heavy (non-hydrogen) atoms. The molecule has 1 heteroatoms. The Kier molecular flexibility index (Phi) is 3.86. The van der Waals surface area contributed by atoms with E-state index in [4.69, 9.17) is 0 Å². The molecule has 1 rings (SSSR count). The molecule has 0 aromatic heterocycles. The van der Waals surface area contributed by atoms with Gasteiger partial charge in [0.15, 0.2) is 0 Å². The molecule has 1 unspecified atom stereocenters. The second-order valence-corrected chi connectivity index (χ2v) is 6.29. The Labute approximate surface area is 95.5 Å². The average molecular weight is 209 g/mol. The number of allylic oxidation sites excluding steroid dienone is 1. The third kappa shape index (κ3) is 3.25. The molecule has 0 N–H and O–H groups in total. The zero-order valence-electron chi connectivity index (χ0n) is 11.1. The maximum Gasteiger partial charge on any atom is 0.0205 e.